The number of benzene rings is 3. The first-order chi connectivity index (χ1) is 19.8. The molecule has 0 amide bonds. The Labute approximate surface area is 235 Å². The summed E-state index contributed by atoms with van der Waals surface area (Å²) in [7, 11) is 1.41. The average molecular weight is 559 g/mol. The van der Waals surface area contributed by atoms with Gasteiger partial charge in [-0.1, -0.05) is 6.07 Å². The van der Waals surface area contributed by atoms with Crippen LogP contribution in [0.5, 0.6) is 23.0 Å². The van der Waals surface area contributed by atoms with Crippen molar-refractivity contribution in [1.82, 2.24) is 0 Å². The van der Waals surface area contributed by atoms with Crippen LogP contribution < -0.4 is 18.9 Å². The van der Waals surface area contributed by atoms with Crippen molar-refractivity contribution >= 4 is 35.7 Å². The molecule has 0 saturated carbocycles. The molecule has 0 saturated heterocycles. The second kappa shape index (κ2) is 13.1. The molecule has 0 radical (unpaired) electrons. The number of rotatable bonds is 11. The average Bonchev–Trinajstić information content (AvgIpc) is 3.33. The van der Waals surface area contributed by atoms with Gasteiger partial charge in [0.15, 0.2) is 28.7 Å². The van der Waals surface area contributed by atoms with Gasteiger partial charge in [-0.25, -0.2) is 14.6 Å². The van der Waals surface area contributed by atoms with E-state index in [0.717, 1.165) is 0 Å². The van der Waals surface area contributed by atoms with Crippen molar-refractivity contribution < 1.29 is 38.2 Å². The minimum Gasteiger partial charge on any atom is -0.493 e. The number of carbonyl (C=O) groups excluding carboxylic acids is 2. The summed E-state index contributed by atoms with van der Waals surface area (Å²) in [6, 6.07) is 15.6. The van der Waals surface area contributed by atoms with E-state index in [9.17, 15) is 19.7 Å². The molecule has 11 nitrogen and oxygen atoms in total. The fourth-order valence-corrected chi connectivity index (χ4v) is 3.75. The number of carbonyl (C=O) groups is 2. The lowest BCUT2D eigenvalue weighted by molar-refractivity contribution is -0.384. The highest BCUT2D eigenvalue weighted by molar-refractivity contribution is 6.13. The zero-order chi connectivity index (χ0) is 29.4. The van der Waals surface area contributed by atoms with Gasteiger partial charge in [0.25, 0.3) is 5.69 Å². The Kier molecular flexibility index (Phi) is 9.10. The number of ether oxygens (including phenoxy) is 5. The molecule has 0 atom stereocenters. The standard InChI is InChI=1S/C30H26N2O9/c1-4-38-24-14-10-21(18-27(24)39-5-2)29-31-23(30(34)41-29)16-20-8-13-25(26(17-20)37-3)40-28(33)15-9-19-6-11-22(12-7-19)32(35)36/h6-18H,4-5H2,1-3H3/b15-9+,23-16-. The number of hydrogen-bond donors (Lipinski definition) is 0. The van der Waals surface area contributed by atoms with Crippen LogP contribution in [0.4, 0.5) is 5.69 Å². The fourth-order valence-electron chi connectivity index (χ4n) is 3.75. The molecule has 0 spiro atoms. The first-order valence-corrected chi connectivity index (χ1v) is 12.6. The normalized spacial score (nSPS) is 13.6. The van der Waals surface area contributed by atoms with Gasteiger partial charge < -0.3 is 23.7 Å². The first kappa shape index (κ1) is 28.6. The molecular weight excluding hydrogens is 532 g/mol. The maximum atomic E-state index is 12.5. The zero-order valence-corrected chi connectivity index (χ0v) is 22.5. The van der Waals surface area contributed by atoms with Gasteiger partial charge in [-0.15, -0.1) is 0 Å². The molecule has 0 fully saturated rings. The van der Waals surface area contributed by atoms with Crippen molar-refractivity contribution in [2.24, 2.45) is 4.99 Å². The van der Waals surface area contributed by atoms with Crippen LogP contribution in [0.3, 0.4) is 0 Å². The van der Waals surface area contributed by atoms with E-state index in [4.69, 9.17) is 23.7 Å². The largest absolute Gasteiger partial charge is 0.493 e. The molecule has 3 aromatic carbocycles. The summed E-state index contributed by atoms with van der Waals surface area (Å²) in [5, 5.41) is 10.8. The Balaban J connectivity index is 1.49. The molecule has 210 valence electrons. The Morgan fingerprint density at radius 2 is 1.61 bits per heavy atom. The summed E-state index contributed by atoms with van der Waals surface area (Å²) in [5.41, 5.74) is 1.72. The molecule has 0 aliphatic carbocycles. The maximum absolute atomic E-state index is 12.5. The summed E-state index contributed by atoms with van der Waals surface area (Å²) < 4.78 is 27.3. The highest BCUT2D eigenvalue weighted by atomic mass is 16.6. The summed E-state index contributed by atoms with van der Waals surface area (Å²) in [6.07, 6.45) is 4.19. The summed E-state index contributed by atoms with van der Waals surface area (Å²) >= 11 is 0. The van der Waals surface area contributed by atoms with Crippen molar-refractivity contribution in [3.63, 3.8) is 0 Å². The Hall–Kier alpha value is -5.45. The van der Waals surface area contributed by atoms with Gasteiger partial charge in [-0.05, 0) is 79.6 Å². The predicted octanol–water partition coefficient (Wildman–Crippen LogP) is 5.36. The minimum absolute atomic E-state index is 0.0517. The monoisotopic (exact) mass is 558 g/mol. The van der Waals surface area contributed by atoms with E-state index in [1.165, 1.54) is 55.7 Å². The zero-order valence-electron chi connectivity index (χ0n) is 22.5. The third kappa shape index (κ3) is 7.15. The molecule has 0 aromatic heterocycles. The van der Waals surface area contributed by atoms with Crippen LogP contribution in [0.15, 0.2) is 77.4 Å². The van der Waals surface area contributed by atoms with Gasteiger partial charge in [-0.2, -0.15) is 0 Å². The molecule has 1 aliphatic heterocycles. The lowest BCUT2D eigenvalue weighted by atomic mass is 10.1. The molecule has 3 aromatic rings. The number of methoxy groups -OCH3 is 1. The van der Waals surface area contributed by atoms with E-state index in [1.807, 2.05) is 13.8 Å². The maximum Gasteiger partial charge on any atom is 0.363 e. The van der Waals surface area contributed by atoms with Crippen LogP contribution in [-0.4, -0.2) is 43.1 Å². The van der Waals surface area contributed by atoms with Crippen molar-refractivity contribution in [3.05, 3.63) is 99.2 Å². The quantitative estimate of drug-likeness (QED) is 0.100. The van der Waals surface area contributed by atoms with E-state index < -0.39 is 16.9 Å². The number of cyclic esters (lactones) is 1. The number of nitro groups is 1. The van der Waals surface area contributed by atoms with Crippen LogP contribution in [0.25, 0.3) is 12.2 Å². The summed E-state index contributed by atoms with van der Waals surface area (Å²) in [4.78, 5) is 39.5. The number of nitrogens with zero attached hydrogens (tertiary/aromatic N) is 2. The molecular formula is C30H26N2O9. The second-order valence-electron chi connectivity index (χ2n) is 8.38. The number of hydrogen-bond acceptors (Lipinski definition) is 10. The molecule has 0 N–H and O–H groups in total. The van der Waals surface area contributed by atoms with E-state index in [-0.39, 0.29) is 28.8 Å². The smallest absolute Gasteiger partial charge is 0.363 e. The van der Waals surface area contributed by atoms with Crippen LogP contribution in [0.2, 0.25) is 0 Å². The van der Waals surface area contributed by atoms with Crippen molar-refractivity contribution in [3.8, 4) is 23.0 Å². The topological polar surface area (TPSA) is 136 Å². The Bertz CT molecular complexity index is 1560. The number of non-ortho nitro benzene ring substituents is 1. The van der Waals surface area contributed by atoms with E-state index in [0.29, 0.717) is 41.4 Å². The molecule has 0 bridgehead atoms. The van der Waals surface area contributed by atoms with Gasteiger partial charge in [0, 0.05) is 23.8 Å². The lowest BCUT2D eigenvalue weighted by Gasteiger charge is -2.11. The Morgan fingerprint density at radius 3 is 2.29 bits per heavy atom. The van der Waals surface area contributed by atoms with E-state index >= 15 is 0 Å². The predicted molar refractivity (Wildman–Crippen MR) is 150 cm³/mol. The van der Waals surface area contributed by atoms with Crippen molar-refractivity contribution in [2.75, 3.05) is 20.3 Å². The third-order valence-corrected chi connectivity index (χ3v) is 5.63. The fraction of sp³-hybridized carbons (Fsp3) is 0.167. The van der Waals surface area contributed by atoms with Crippen molar-refractivity contribution in [2.45, 2.75) is 13.8 Å². The number of esters is 2. The molecule has 41 heavy (non-hydrogen) atoms. The molecule has 1 aliphatic rings. The van der Waals surface area contributed by atoms with Crippen LogP contribution in [0.1, 0.15) is 30.5 Å². The van der Waals surface area contributed by atoms with Crippen molar-refractivity contribution in [1.29, 1.82) is 0 Å². The first-order valence-electron chi connectivity index (χ1n) is 12.6. The molecule has 11 heteroatoms. The number of aliphatic imine (C=N–C) groups is 1. The SMILES string of the molecule is CCOc1ccc(C2=N/C(=C\c3ccc(OC(=O)/C=C/c4ccc([N+](=O)[O-])cc4)c(OC)c3)C(=O)O2)cc1OCC. The van der Waals surface area contributed by atoms with E-state index in [1.54, 1.807) is 30.3 Å². The summed E-state index contributed by atoms with van der Waals surface area (Å²) in [6.45, 7) is 4.64. The van der Waals surface area contributed by atoms with Gasteiger partial charge in [0.2, 0.25) is 5.90 Å². The van der Waals surface area contributed by atoms with Gasteiger partial charge >= 0.3 is 11.9 Å². The van der Waals surface area contributed by atoms with Crippen LogP contribution in [-0.2, 0) is 14.3 Å². The van der Waals surface area contributed by atoms with Gasteiger partial charge in [0.1, 0.15) is 0 Å². The third-order valence-electron chi connectivity index (χ3n) is 5.63. The highest BCUT2D eigenvalue weighted by Gasteiger charge is 2.25. The molecule has 1 heterocycles. The highest BCUT2D eigenvalue weighted by Crippen LogP contribution is 2.32. The summed E-state index contributed by atoms with van der Waals surface area (Å²) in [5.74, 6) is 0.321. The van der Waals surface area contributed by atoms with E-state index in [2.05, 4.69) is 4.99 Å². The Morgan fingerprint density at radius 1 is 0.927 bits per heavy atom. The minimum atomic E-state index is -0.678. The molecule has 4 rings (SSSR count). The van der Waals surface area contributed by atoms with Crippen LogP contribution in [0, 0.1) is 10.1 Å². The van der Waals surface area contributed by atoms with Crippen LogP contribution >= 0.6 is 0 Å². The van der Waals surface area contributed by atoms with Gasteiger partial charge in [0.05, 0.1) is 25.2 Å². The second-order valence-corrected chi connectivity index (χ2v) is 8.38. The molecule has 0 unspecified atom stereocenters. The lowest BCUT2D eigenvalue weighted by Crippen LogP contribution is -2.06. The number of nitro benzene ring substituents is 1. The van der Waals surface area contributed by atoms with Gasteiger partial charge in [-0.3, -0.25) is 10.1 Å².